The molecule has 21 heavy (non-hydrogen) atoms. The van der Waals surface area contributed by atoms with Crippen molar-refractivity contribution in [2.45, 2.75) is 45.8 Å². The zero-order valence-electron chi connectivity index (χ0n) is 12.6. The molecule has 0 saturated carbocycles. The Balaban J connectivity index is 2.53. The molecule has 1 aromatic rings. The summed E-state index contributed by atoms with van der Waals surface area (Å²) in [5, 5.41) is 10.4. The molecule has 0 aliphatic heterocycles. The summed E-state index contributed by atoms with van der Waals surface area (Å²) in [5.41, 5.74) is 0.958. The molecule has 2 atom stereocenters. The third-order valence-corrected chi connectivity index (χ3v) is 3.37. The number of hydrogen-bond donors (Lipinski definition) is 1. The number of carbonyl (C=O) groups excluding carboxylic acids is 1. The van der Waals surface area contributed by atoms with Crippen LogP contribution in [0.3, 0.4) is 0 Å². The SMILES string of the molecule is CCCC(CC(C)N(C=O)OCc1ccccc1)C(=O)O. The lowest BCUT2D eigenvalue weighted by Gasteiger charge is -2.26. The molecular formula is C16H23NO4. The summed E-state index contributed by atoms with van der Waals surface area (Å²) in [7, 11) is 0. The van der Waals surface area contributed by atoms with Crippen LogP contribution in [0.15, 0.2) is 30.3 Å². The van der Waals surface area contributed by atoms with Crippen molar-refractivity contribution in [1.29, 1.82) is 0 Å². The van der Waals surface area contributed by atoms with Gasteiger partial charge in [0.25, 0.3) is 0 Å². The van der Waals surface area contributed by atoms with Crippen LogP contribution < -0.4 is 0 Å². The van der Waals surface area contributed by atoms with E-state index in [4.69, 9.17) is 9.94 Å². The molecule has 2 unspecified atom stereocenters. The molecule has 0 fully saturated rings. The summed E-state index contributed by atoms with van der Waals surface area (Å²) in [5.74, 6) is -1.27. The molecule has 5 heteroatoms. The third kappa shape index (κ3) is 5.95. The van der Waals surface area contributed by atoms with Crippen molar-refractivity contribution in [2.75, 3.05) is 0 Å². The average molecular weight is 293 g/mol. The first-order valence-corrected chi connectivity index (χ1v) is 7.21. The molecule has 0 radical (unpaired) electrons. The predicted octanol–water partition coefficient (Wildman–Crippen LogP) is 2.86. The molecule has 0 spiro atoms. The number of amides is 1. The highest BCUT2D eigenvalue weighted by Gasteiger charge is 2.23. The Morgan fingerprint density at radius 1 is 1.38 bits per heavy atom. The van der Waals surface area contributed by atoms with Crippen molar-refractivity contribution in [1.82, 2.24) is 5.06 Å². The Morgan fingerprint density at radius 3 is 2.57 bits per heavy atom. The molecule has 0 aliphatic rings. The van der Waals surface area contributed by atoms with Crippen LogP contribution in [-0.4, -0.2) is 28.6 Å². The van der Waals surface area contributed by atoms with Crippen molar-refractivity contribution < 1.29 is 19.5 Å². The number of carboxylic acids is 1. The zero-order valence-corrected chi connectivity index (χ0v) is 12.6. The van der Waals surface area contributed by atoms with E-state index in [-0.39, 0.29) is 12.6 Å². The molecule has 5 nitrogen and oxygen atoms in total. The Hall–Kier alpha value is -1.88. The van der Waals surface area contributed by atoms with Gasteiger partial charge in [-0.2, -0.15) is 0 Å². The van der Waals surface area contributed by atoms with E-state index in [0.29, 0.717) is 19.3 Å². The van der Waals surface area contributed by atoms with E-state index in [2.05, 4.69) is 0 Å². The summed E-state index contributed by atoms with van der Waals surface area (Å²) in [4.78, 5) is 27.8. The van der Waals surface area contributed by atoms with Crippen LogP contribution in [0.1, 0.15) is 38.7 Å². The van der Waals surface area contributed by atoms with Crippen LogP contribution in [0.4, 0.5) is 0 Å². The number of carboxylic acid groups (broad SMARTS) is 1. The van der Waals surface area contributed by atoms with Gasteiger partial charge in [0.05, 0.1) is 12.0 Å². The van der Waals surface area contributed by atoms with Gasteiger partial charge in [-0.1, -0.05) is 43.7 Å². The number of rotatable bonds is 10. The molecule has 0 saturated heterocycles. The minimum Gasteiger partial charge on any atom is -0.481 e. The first-order chi connectivity index (χ1) is 10.1. The molecule has 1 aromatic carbocycles. The minimum absolute atomic E-state index is 0.279. The number of hydroxylamine groups is 2. The predicted molar refractivity (Wildman–Crippen MR) is 79.2 cm³/mol. The van der Waals surface area contributed by atoms with Gasteiger partial charge in [-0.05, 0) is 25.3 Å². The van der Waals surface area contributed by atoms with Gasteiger partial charge < -0.3 is 5.11 Å². The maximum atomic E-state index is 11.2. The van der Waals surface area contributed by atoms with Crippen LogP contribution in [0.2, 0.25) is 0 Å². The van der Waals surface area contributed by atoms with E-state index in [1.807, 2.05) is 37.3 Å². The van der Waals surface area contributed by atoms with Crippen LogP contribution in [0.5, 0.6) is 0 Å². The van der Waals surface area contributed by atoms with Gasteiger partial charge in [-0.3, -0.25) is 14.4 Å². The molecule has 0 heterocycles. The summed E-state index contributed by atoms with van der Waals surface area (Å²) in [6, 6.07) is 9.24. The lowest BCUT2D eigenvalue weighted by molar-refractivity contribution is -0.193. The molecule has 1 N–H and O–H groups in total. The van der Waals surface area contributed by atoms with Gasteiger partial charge in [0, 0.05) is 0 Å². The number of aliphatic carboxylic acids is 1. The summed E-state index contributed by atoms with van der Waals surface area (Å²) in [6.45, 7) is 4.03. The fourth-order valence-electron chi connectivity index (χ4n) is 2.19. The number of carbonyl (C=O) groups is 2. The van der Waals surface area contributed by atoms with E-state index in [0.717, 1.165) is 12.0 Å². The molecule has 116 valence electrons. The second-order valence-electron chi connectivity index (χ2n) is 5.13. The number of benzene rings is 1. The largest absolute Gasteiger partial charge is 0.481 e. The standard InChI is InChI=1S/C16H23NO4/c1-3-7-15(16(19)20)10-13(2)17(12-18)21-11-14-8-5-4-6-9-14/h4-6,8-9,12-13,15H,3,7,10-11H2,1-2H3,(H,19,20). The topological polar surface area (TPSA) is 66.8 Å². The van der Waals surface area contributed by atoms with Gasteiger partial charge in [-0.25, -0.2) is 5.06 Å². The molecule has 0 bridgehead atoms. The maximum Gasteiger partial charge on any atom is 0.306 e. The smallest absolute Gasteiger partial charge is 0.306 e. The third-order valence-electron chi connectivity index (χ3n) is 3.37. The van der Waals surface area contributed by atoms with Gasteiger partial charge >= 0.3 is 5.97 Å². The van der Waals surface area contributed by atoms with Crippen LogP contribution in [-0.2, 0) is 21.0 Å². The summed E-state index contributed by atoms with van der Waals surface area (Å²) in [6.07, 6.45) is 2.40. The van der Waals surface area contributed by atoms with Gasteiger partial charge in [0.2, 0.25) is 6.41 Å². The number of hydrogen-bond acceptors (Lipinski definition) is 3. The Bertz CT molecular complexity index is 435. The molecule has 1 amide bonds. The Labute approximate surface area is 125 Å². The van der Waals surface area contributed by atoms with Crippen molar-refractivity contribution in [2.24, 2.45) is 5.92 Å². The quantitative estimate of drug-likeness (QED) is 0.532. The monoisotopic (exact) mass is 293 g/mol. The van der Waals surface area contributed by atoms with E-state index < -0.39 is 11.9 Å². The highest BCUT2D eigenvalue weighted by molar-refractivity contribution is 5.70. The summed E-state index contributed by atoms with van der Waals surface area (Å²) >= 11 is 0. The van der Waals surface area contributed by atoms with E-state index >= 15 is 0 Å². The molecule has 0 aliphatic carbocycles. The van der Waals surface area contributed by atoms with Crippen LogP contribution >= 0.6 is 0 Å². The fraction of sp³-hybridized carbons (Fsp3) is 0.500. The van der Waals surface area contributed by atoms with E-state index in [9.17, 15) is 9.59 Å². The maximum absolute atomic E-state index is 11.2. The van der Waals surface area contributed by atoms with E-state index in [1.54, 1.807) is 6.92 Å². The normalized spacial score (nSPS) is 13.4. The lowest BCUT2D eigenvalue weighted by Crippen LogP contribution is -2.35. The molecular weight excluding hydrogens is 270 g/mol. The number of nitrogens with zero attached hydrogens (tertiary/aromatic N) is 1. The van der Waals surface area contributed by atoms with Gasteiger partial charge in [-0.15, -0.1) is 0 Å². The van der Waals surface area contributed by atoms with Crippen molar-refractivity contribution in [3.8, 4) is 0 Å². The summed E-state index contributed by atoms with van der Waals surface area (Å²) < 4.78 is 0. The highest BCUT2D eigenvalue weighted by atomic mass is 16.7. The van der Waals surface area contributed by atoms with Crippen LogP contribution in [0, 0.1) is 5.92 Å². The second-order valence-corrected chi connectivity index (χ2v) is 5.13. The zero-order chi connectivity index (χ0) is 15.7. The Kier molecular flexibility index (Phi) is 7.46. The van der Waals surface area contributed by atoms with E-state index in [1.165, 1.54) is 5.06 Å². The van der Waals surface area contributed by atoms with Gasteiger partial charge in [0.1, 0.15) is 6.61 Å². The highest BCUT2D eigenvalue weighted by Crippen LogP contribution is 2.17. The first-order valence-electron chi connectivity index (χ1n) is 7.21. The van der Waals surface area contributed by atoms with Crippen LogP contribution in [0.25, 0.3) is 0 Å². The van der Waals surface area contributed by atoms with Crippen molar-refractivity contribution >= 4 is 12.4 Å². The first kappa shape index (κ1) is 17.2. The lowest BCUT2D eigenvalue weighted by atomic mass is 9.96. The fourth-order valence-corrected chi connectivity index (χ4v) is 2.19. The van der Waals surface area contributed by atoms with Gasteiger partial charge in [0.15, 0.2) is 0 Å². The van der Waals surface area contributed by atoms with Crippen molar-refractivity contribution in [3.63, 3.8) is 0 Å². The molecule has 1 rings (SSSR count). The minimum atomic E-state index is -0.822. The average Bonchev–Trinajstić information content (AvgIpc) is 2.48. The Morgan fingerprint density at radius 2 is 2.05 bits per heavy atom. The second kappa shape index (κ2) is 9.13. The van der Waals surface area contributed by atoms with Crippen molar-refractivity contribution in [3.05, 3.63) is 35.9 Å². The molecule has 0 aromatic heterocycles.